The topological polar surface area (TPSA) is 0 Å². The minimum absolute atomic E-state index is 0.431. The third-order valence-corrected chi connectivity index (χ3v) is 1.41. The van der Waals surface area contributed by atoms with Crippen molar-refractivity contribution in [2.24, 2.45) is 0 Å². The normalized spacial score (nSPS) is 8.75. The SMILES string of the molecule is CC.CCc1cccc(F)c1F. The predicted octanol–water partition coefficient (Wildman–Crippen LogP) is 3.55. The van der Waals surface area contributed by atoms with Crippen molar-refractivity contribution in [2.45, 2.75) is 27.2 Å². The molecule has 12 heavy (non-hydrogen) atoms. The van der Waals surface area contributed by atoms with Gasteiger partial charge in [0.25, 0.3) is 0 Å². The van der Waals surface area contributed by atoms with E-state index in [1.807, 2.05) is 13.8 Å². The highest BCUT2D eigenvalue weighted by molar-refractivity contribution is 5.18. The van der Waals surface area contributed by atoms with Crippen LogP contribution in [0.2, 0.25) is 0 Å². The molecule has 68 valence electrons. The zero-order valence-electron chi connectivity index (χ0n) is 7.70. The van der Waals surface area contributed by atoms with Crippen LogP contribution in [0, 0.1) is 11.6 Å². The third-order valence-electron chi connectivity index (χ3n) is 1.41. The van der Waals surface area contributed by atoms with Crippen molar-refractivity contribution in [3.8, 4) is 0 Å². The maximum atomic E-state index is 12.6. The van der Waals surface area contributed by atoms with E-state index in [9.17, 15) is 8.78 Å². The van der Waals surface area contributed by atoms with E-state index >= 15 is 0 Å². The van der Waals surface area contributed by atoms with E-state index in [2.05, 4.69) is 0 Å². The number of halogens is 2. The number of benzene rings is 1. The average Bonchev–Trinajstić information content (AvgIpc) is 2.13. The smallest absolute Gasteiger partial charge is 0.161 e. The van der Waals surface area contributed by atoms with Crippen LogP contribution in [0.4, 0.5) is 8.78 Å². The molecular weight excluding hydrogens is 158 g/mol. The lowest BCUT2D eigenvalue weighted by Gasteiger charge is -1.97. The van der Waals surface area contributed by atoms with Crippen LogP contribution in [-0.2, 0) is 6.42 Å². The molecule has 0 amide bonds. The molecule has 0 aliphatic rings. The van der Waals surface area contributed by atoms with Crippen LogP contribution in [0.3, 0.4) is 0 Å². The van der Waals surface area contributed by atoms with Crippen molar-refractivity contribution in [3.05, 3.63) is 35.4 Å². The third kappa shape index (κ3) is 2.61. The highest BCUT2D eigenvalue weighted by Gasteiger charge is 2.03. The van der Waals surface area contributed by atoms with Crippen LogP contribution in [-0.4, -0.2) is 0 Å². The van der Waals surface area contributed by atoms with Gasteiger partial charge in [-0.15, -0.1) is 0 Å². The van der Waals surface area contributed by atoms with Gasteiger partial charge >= 0.3 is 0 Å². The van der Waals surface area contributed by atoms with E-state index in [0.717, 1.165) is 6.07 Å². The van der Waals surface area contributed by atoms with Gasteiger partial charge in [0.2, 0.25) is 0 Å². The molecule has 2 heteroatoms. The highest BCUT2D eigenvalue weighted by atomic mass is 19.2. The molecule has 1 aromatic rings. The standard InChI is InChI=1S/C8H8F2.C2H6/c1-2-6-4-3-5-7(9)8(6)10;1-2/h3-5H,2H2,1H3;1-2H3. The first-order valence-electron chi connectivity index (χ1n) is 4.18. The van der Waals surface area contributed by atoms with Crippen molar-refractivity contribution < 1.29 is 8.78 Å². The number of hydrogen-bond acceptors (Lipinski definition) is 0. The molecule has 0 spiro atoms. The minimum atomic E-state index is -0.764. The van der Waals surface area contributed by atoms with Gasteiger partial charge in [0.15, 0.2) is 11.6 Å². The molecule has 0 unspecified atom stereocenters. The molecule has 0 saturated carbocycles. The molecule has 0 aliphatic carbocycles. The lowest BCUT2D eigenvalue weighted by Crippen LogP contribution is -1.90. The lowest BCUT2D eigenvalue weighted by atomic mass is 10.1. The van der Waals surface area contributed by atoms with Crippen LogP contribution in [0.25, 0.3) is 0 Å². The van der Waals surface area contributed by atoms with Crippen molar-refractivity contribution in [1.29, 1.82) is 0 Å². The van der Waals surface area contributed by atoms with Gasteiger partial charge in [-0.25, -0.2) is 8.78 Å². The Kier molecular flexibility index (Phi) is 5.26. The summed E-state index contributed by atoms with van der Waals surface area (Å²) in [4.78, 5) is 0. The summed E-state index contributed by atoms with van der Waals surface area (Å²) in [5.74, 6) is -1.48. The van der Waals surface area contributed by atoms with Gasteiger partial charge in [0, 0.05) is 0 Å². The molecular formula is C10H14F2. The molecule has 0 bridgehead atoms. The zero-order chi connectivity index (χ0) is 9.56. The van der Waals surface area contributed by atoms with Gasteiger partial charge in [-0.2, -0.15) is 0 Å². The first-order chi connectivity index (χ1) is 5.75. The molecule has 1 aromatic carbocycles. The molecule has 0 aromatic heterocycles. The summed E-state index contributed by atoms with van der Waals surface area (Å²) in [5.41, 5.74) is 0.431. The fraction of sp³-hybridized carbons (Fsp3) is 0.400. The largest absolute Gasteiger partial charge is 0.204 e. The summed E-state index contributed by atoms with van der Waals surface area (Å²) in [7, 11) is 0. The molecule has 1 rings (SSSR count). The van der Waals surface area contributed by atoms with Crippen molar-refractivity contribution >= 4 is 0 Å². The summed E-state index contributed by atoms with van der Waals surface area (Å²) in [6, 6.07) is 4.21. The molecule has 0 radical (unpaired) electrons. The van der Waals surface area contributed by atoms with E-state index in [4.69, 9.17) is 0 Å². The minimum Gasteiger partial charge on any atom is -0.204 e. The maximum Gasteiger partial charge on any atom is 0.161 e. The lowest BCUT2D eigenvalue weighted by molar-refractivity contribution is 0.500. The van der Waals surface area contributed by atoms with Crippen LogP contribution in [0.5, 0.6) is 0 Å². The van der Waals surface area contributed by atoms with Crippen LogP contribution in [0.1, 0.15) is 26.3 Å². The molecule has 0 nitrogen and oxygen atoms in total. The van der Waals surface area contributed by atoms with E-state index in [-0.39, 0.29) is 0 Å². The monoisotopic (exact) mass is 172 g/mol. The Balaban J connectivity index is 0.000000561. The van der Waals surface area contributed by atoms with Crippen LogP contribution < -0.4 is 0 Å². The van der Waals surface area contributed by atoms with E-state index in [1.54, 1.807) is 13.0 Å². The maximum absolute atomic E-state index is 12.6. The Hall–Kier alpha value is -0.920. The summed E-state index contributed by atoms with van der Waals surface area (Å²) >= 11 is 0. The number of aryl methyl sites for hydroxylation is 1. The molecule has 0 fully saturated rings. The molecule has 0 heterocycles. The van der Waals surface area contributed by atoms with Gasteiger partial charge in [0.05, 0.1) is 0 Å². The second-order valence-electron chi connectivity index (χ2n) is 2.07. The Morgan fingerprint density at radius 2 is 1.75 bits per heavy atom. The van der Waals surface area contributed by atoms with Gasteiger partial charge in [0.1, 0.15) is 0 Å². The summed E-state index contributed by atoms with van der Waals surface area (Å²) in [5, 5.41) is 0. The fourth-order valence-electron chi connectivity index (χ4n) is 0.822. The Morgan fingerprint density at radius 1 is 1.17 bits per heavy atom. The van der Waals surface area contributed by atoms with Gasteiger partial charge in [-0.3, -0.25) is 0 Å². The first kappa shape index (κ1) is 11.1. The quantitative estimate of drug-likeness (QED) is 0.607. The molecule has 0 aliphatic heterocycles. The van der Waals surface area contributed by atoms with Crippen molar-refractivity contribution in [1.82, 2.24) is 0 Å². The first-order valence-corrected chi connectivity index (χ1v) is 4.18. The predicted molar refractivity (Wildman–Crippen MR) is 47.1 cm³/mol. The number of rotatable bonds is 1. The summed E-state index contributed by atoms with van der Waals surface area (Å²) in [6.07, 6.45) is 0.531. The second-order valence-corrected chi connectivity index (χ2v) is 2.07. The Morgan fingerprint density at radius 3 is 2.17 bits per heavy atom. The zero-order valence-corrected chi connectivity index (χ0v) is 7.70. The fourth-order valence-corrected chi connectivity index (χ4v) is 0.822. The Labute approximate surface area is 72.2 Å². The highest BCUT2D eigenvalue weighted by Crippen LogP contribution is 2.10. The summed E-state index contributed by atoms with van der Waals surface area (Å²) in [6.45, 7) is 5.79. The van der Waals surface area contributed by atoms with Crippen LogP contribution in [0.15, 0.2) is 18.2 Å². The van der Waals surface area contributed by atoms with Crippen molar-refractivity contribution in [3.63, 3.8) is 0 Å². The van der Waals surface area contributed by atoms with Crippen molar-refractivity contribution in [2.75, 3.05) is 0 Å². The Bertz CT molecular complexity index is 231. The number of hydrogen-bond donors (Lipinski definition) is 0. The van der Waals surface area contributed by atoms with Gasteiger partial charge in [-0.1, -0.05) is 32.9 Å². The van der Waals surface area contributed by atoms with Crippen LogP contribution >= 0.6 is 0 Å². The van der Waals surface area contributed by atoms with E-state index < -0.39 is 11.6 Å². The van der Waals surface area contributed by atoms with E-state index in [1.165, 1.54) is 6.07 Å². The average molecular weight is 172 g/mol. The molecule has 0 saturated heterocycles. The second kappa shape index (κ2) is 5.70. The van der Waals surface area contributed by atoms with Gasteiger partial charge in [-0.05, 0) is 18.1 Å². The molecule has 0 N–H and O–H groups in total. The molecule has 0 atom stereocenters. The van der Waals surface area contributed by atoms with Gasteiger partial charge < -0.3 is 0 Å². The van der Waals surface area contributed by atoms with E-state index in [0.29, 0.717) is 12.0 Å². The summed E-state index contributed by atoms with van der Waals surface area (Å²) < 4.78 is 25.0.